The van der Waals surface area contributed by atoms with Crippen LogP contribution in [0.4, 0.5) is 0 Å². The van der Waals surface area contributed by atoms with Crippen LogP contribution < -0.4 is 0 Å². The monoisotopic (exact) mass is 202 g/mol. The molecule has 0 heterocycles. The zero-order valence-electron chi connectivity index (χ0n) is 5.07. The Bertz CT molecular complexity index is 168. The first kappa shape index (κ1) is 10.1. The van der Waals surface area contributed by atoms with Crippen molar-refractivity contribution in [1.29, 1.82) is 0 Å². The van der Waals surface area contributed by atoms with E-state index >= 15 is 0 Å². The van der Waals surface area contributed by atoms with Gasteiger partial charge in [-0.25, -0.2) is 4.79 Å². The van der Waals surface area contributed by atoms with Crippen LogP contribution in [0.1, 0.15) is 6.92 Å². The number of alkyl halides is 3. The number of hydrogen-bond donors (Lipinski definition) is 1. The van der Waals surface area contributed by atoms with Crippen LogP contribution in [0.15, 0.2) is 11.6 Å². The first-order chi connectivity index (χ1) is 4.33. The molecule has 0 aliphatic rings. The second kappa shape index (κ2) is 3.46. The fourth-order valence-electron chi connectivity index (χ4n) is 0.307. The van der Waals surface area contributed by atoms with Gasteiger partial charge in [0.1, 0.15) is 0 Å². The third-order valence-corrected chi connectivity index (χ3v) is 1.04. The van der Waals surface area contributed by atoms with E-state index in [9.17, 15) is 4.79 Å². The number of aliphatic carboxylic acids is 1. The summed E-state index contributed by atoms with van der Waals surface area (Å²) in [4.78, 5) is 10.1. The van der Waals surface area contributed by atoms with Gasteiger partial charge in [0.15, 0.2) is 0 Å². The molecular formula is C5H5Cl3O2. The minimum absolute atomic E-state index is 0.0139. The van der Waals surface area contributed by atoms with Gasteiger partial charge < -0.3 is 5.11 Å². The molecule has 0 saturated carbocycles. The first-order valence-electron chi connectivity index (χ1n) is 2.32. The average Bonchev–Trinajstić information content (AvgIpc) is 1.60. The molecule has 0 atom stereocenters. The highest BCUT2D eigenvalue weighted by molar-refractivity contribution is 6.69. The molecule has 0 unspecified atom stereocenters. The van der Waals surface area contributed by atoms with Gasteiger partial charge in [0.2, 0.25) is 3.79 Å². The van der Waals surface area contributed by atoms with Crippen molar-refractivity contribution in [2.45, 2.75) is 10.7 Å². The maximum atomic E-state index is 10.1. The first-order valence-corrected chi connectivity index (χ1v) is 3.46. The fraction of sp³-hybridized carbons (Fsp3) is 0.400. The largest absolute Gasteiger partial charge is 0.478 e. The van der Waals surface area contributed by atoms with E-state index in [1.165, 1.54) is 6.92 Å². The lowest BCUT2D eigenvalue weighted by Crippen LogP contribution is -2.03. The summed E-state index contributed by atoms with van der Waals surface area (Å²) in [7, 11) is 0. The molecule has 2 nitrogen and oxygen atoms in total. The number of allylic oxidation sites excluding steroid dienone is 1. The molecule has 0 aromatic rings. The molecule has 0 saturated heterocycles. The summed E-state index contributed by atoms with van der Waals surface area (Å²) in [6, 6.07) is 0. The maximum absolute atomic E-state index is 10.1. The quantitative estimate of drug-likeness (QED) is 0.525. The van der Waals surface area contributed by atoms with E-state index in [0.29, 0.717) is 0 Å². The van der Waals surface area contributed by atoms with E-state index in [1.807, 2.05) is 0 Å². The summed E-state index contributed by atoms with van der Waals surface area (Å²) in [5.41, 5.74) is 0.0139. The van der Waals surface area contributed by atoms with E-state index in [0.717, 1.165) is 6.08 Å². The standard InChI is InChI=1S/C5H5Cl3O2/c1-3(4(9)10)2-5(6,7)8/h2H,1H3,(H,9,10). The van der Waals surface area contributed by atoms with Crippen molar-refractivity contribution in [2.24, 2.45) is 0 Å². The van der Waals surface area contributed by atoms with Gasteiger partial charge >= 0.3 is 5.97 Å². The molecule has 5 heteroatoms. The third kappa shape index (κ3) is 4.91. The Morgan fingerprint density at radius 2 is 1.90 bits per heavy atom. The molecule has 0 aliphatic heterocycles. The second-order valence-corrected chi connectivity index (χ2v) is 4.04. The Balaban J connectivity index is 4.32. The highest BCUT2D eigenvalue weighted by atomic mass is 35.6. The molecule has 0 aromatic heterocycles. The van der Waals surface area contributed by atoms with E-state index in [4.69, 9.17) is 39.9 Å². The minimum Gasteiger partial charge on any atom is -0.478 e. The summed E-state index contributed by atoms with van der Waals surface area (Å²) in [6.45, 7) is 1.35. The molecule has 0 rings (SSSR count). The van der Waals surface area contributed by atoms with Crippen molar-refractivity contribution in [2.75, 3.05) is 0 Å². The normalized spacial score (nSPS) is 13.4. The fourth-order valence-corrected chi connectivity index (χ4v) is 0.798. The van der Waals surface area contributed by atoms with Gasteiger partial charge in [-0.15, -0.1) is 0 Å². The maximum Gasteiger partial charge on any atom is 0.331 e. The number of carboxylic acids is 1. The lowest BCUT2D eigenvalue weighted by atomic mass is 10.3. The second-order valence-electron chi connectivity index (χ2n) is 1.67. The zero-order valence-corrected chi connectivity index (χ0v) is 7.33. The van der Waals surface area contributed by atoms with Crippen LogP contribution in [0.3, 0.4) is 0 Å². The summed E-state index contributed by atoms with van der Waals surface area (Å²) in [5.74, 6) is -1.09. The van der Waals surface area contributed by atoms with E-state index < -0.39 is 9.76 Å². The Morgan fingerprint density at radius 3 is 2.00 bits per heavy atom. The van der Waals surface area contributed by atoms with Crippen LogP contribution >= 0.6 is 34.8 Å². The topological polar surface area (TPSA) is 37.3 Å². The molecule has 0 radical (unpaired) electrons. The van der Waals surface area contributed by atoms with Gasteiger partial charge in [0.25, 0.3) is 0 Å². The minimum atomic E-state index is -1.62. The molecule has 0 amide bonds. The van der Waals surface area contributed by atoms with Gasteiger partial charge in [0, 0.05) is 5.57 Å². The molecule has 0 spiro atoms. The smallest absolute Gasteiger partial charge is 0.331 e. The number of carboxylic acid groups (broad SMARTS) is 1. The van der Waals surface area contributed by atoms with Crippen molar-refractivity contribution >= 4 is 40.8 Å². The van der Waals surface area contributed by atoms with Gasteiger partial charge in [-0.3, -0.25) is 0 Å². The highest BCUT2D eigenvalue weighted by Crippen LogP contribution is 2.28. The van der Waals surface area contributed by atoms with Gasteiger partial charge in [-0.1, -0.05) is 34.8 Å². The van der Waals surface area contributed by atoms with Crippen LogP contribution in [-0.4, -0.2) is 14.9 Å². The summed E-state index contributed by atoms with van der Waals surface area (Å²) >= 11 is 15.8. The van der Waals surface area contributed by atoms with Gasteiger partial charge in [-0.05, 0) is 13.0 Å². The Labute approximate surface area is 73.4 Å². The Morgan fingerprint density at radius 1 is 1.50 bits per heavy atom. The molecule has 0 bridgehead atoms. The number of rotatable bonds is 1. The van der Waals surface area contributed by atoms with E-state index in [-0.39, 0.29) is 5.57 Å². The predicted octanol–water partition coefficient (Wildman–Crippen LogP) is 2.39. The molecule has 0 fully saturated rings. The molecule has 0 aromatic carbocycles. The van der Waals surface area contributed by atoms with Crippen molar-refractivity contribution in [3.05, 3.63) is 11.6 Å². The van der Waals surface area contributed by atoms with Crippen LogP contribution in [0.5, 0.6) is 0 Å². The molecule has 0 aliphatic carbocycles. The van der Waals surface area contributed by atoms with Crippen LogP contribution in [0, 0.1) is 0 Å². The lowest BCUT2D eigenvalue weighted by Gasteiger charge is -2.03. The predicted molar refractivity (Wildman–Crippen MR) is 41.7 cm³/mol. The average molecular weight is 203 g/mol. The highest BCUT2D eigenvalue weighted by Gasteiger charge is 2.17. The molecular weight excluding hydrogens is 198 g/mol. The van der Waals surface area contributed by atoms with Crippen molar-refractivity contribution < 1.29 is 9.90 Å². The summed E-state index contributed by atoms with van der Waals surface area (Å²) in [6.07, 6.45) is 1.04. The van der Waals surface area contributed by atoms with E-state index in [2.05, 4.69) is 0 Å². The Kier molecular flexibility index (Phi) is 3.49. The van der Waals surface area contributed by atoms with Crippen LogP contribution in [0.2, 0.25) is 0 Å². The molecule has 10 heavy (non-hydrogen) atoms. The lowest BCUT2D eigenvalue weighted by molar-refractivity contribution is -0.132. The Hall–Kier alpha value is 0.0800. The summed E-state index contributed by atoms with van der Waals surface area (Å²) in [5, 5.41) is 8.30. The van der Waals surface area contributed by atoms with Crippen LogP contribution in [-0.2, 0) is 4.79 Å². The van der Waals surface area contributed by atoms with Crippen LogP contribution in [0.25, 0.3) is 0 Å². The van der Waals surface area contributed by atoms with Gasteiger partial charge in [0.05, 0.1) is 0 Å². The van der Waals surface area contributed by atoms with E-state index in [1.54, 1.807) is 0 Å². The van der Waals surface area contributed by atoms with Crippen molar-refractivity contribution in [1.82, 2.24) is 0 Å². The molecule has 58 valence electrons. The zero-order chi connectivity index (χ0) is 8.36. The van der Waals surface area contributed by atoms with Crippen molar-refractivity contribution in [3.63, 3.8) is 0 Å². The third-order valence-electron chi connectivity index (χ3n) is 0.718. The SMILES string of the molecule is CC(=CC(Cl)(Cl)Cl)C(=O)O. The molecule has 1 N–H and O–H groups in total. The number of hydrogen-bond acceptors (Lipinski definition) is 1. The summed E-state index contributed by atoms with van der Waals surface area (Å²) < 4.78 is -1.62. The van der Waals surface area contributed by atoms with Crippen molar-refractivity contribution in [3.8, 4) is 0 Å². The number of carbonyl (C=O) groups is 1. The number of halogens is 3. The van der Waals surface area contributed by atoms with Gasteiger partial charge in [-0.2, -0.15) is 0 Å².